The van der Waals surface area contributed by atoms with Crippen LogP contribution >= 0.6 is 11.3 Å². The lowest BCUT2D eigenvalue weighted by Gasteiger charge is -2.36. The Morgan fingerprint density at radius 2 is 1.75 bits per heavy atom. The molecule has 0 aliphatic heterocycles. The van der Waals surface area contributed by atoms with Crippen molar-refractivity contribution in [1.82, 2.24) is 10.2 Å². The molecule has 44 heavy (non-hydrogen) atoms. The number of hydrogen-bond donors (Lipinski definition) is 2. The van der Waals surface area contributed by atoms with Crippen molar-refractivity contribution in [1.29, 1.82) is 5.26 Å². The first-order chi connectivity index (χ1) is 21.0. The fourth-order valence-electron chi connectivity index (χ4n) is 4.33. The lowest BCUT2D eigenvalue weighted by Crippen LogP contribution is -2.44. The van der Waals surface area contributed by atoms with E-state index in [0.29, 0.717) is 18.9 Å². The van der Waals surface area contributed by atoms with E-state index in [1.54, 1.807) is 57.4 Å². The standard InChI is InChI=1S/C28H39N3O2S.C4H8N2.C3H7N/c1-9-30-27-26(20(5)22(7)34-27)28(32)31(21(6)18(2)3)17-23(12-10-11-15-29)24-16-19(4)13-14-25(24)33-8;1-5-3-4-6-2;1-3-4-2/h9,13-14,16,18,21,23,30H,1,10-12,17H2,2-8H3;3-4H,1-2H3;3-4H,1H2,2H3/t21?,23-;;/m0../s1. The fourth-order valence-corrected chi connectivity index (χ4v) is 5.38. The Morgan fingerprint density at radius 1 is 1.14 bits per heavy atom. The first kappa shape index (κ1) is 40.1. The molecule has 8 nitrogen and oxygen atoms in total. The summed E-state index contributed by atoms with van der Waals surface area (Å²) in [6, 6.07) is 8.50. The summed E-state index contributed by atoms with van der Waals surface area (Å²) in [7, 11) is 6.92. The van der Waals surface area contributed by atoms with Crippen LogP contribution in [0.25, 0.3) is 0 Å². The third-order valence-electron chi connectivity index (χ3n) is 7.20. The molecule has 0 fully saturated rings. The van der Waals surface area contributed by atoms with E-state index in [0.717, 1.165) is 50.7 Å². The lowest BCUT2D eigenvalue weighted by atomic mass is 9.89. The van der Waals surface area contributed by atoms with Crippen LogP contribution < -0.4 is 15.4 Å². The second-order valence-electron chi connectivity index (χ2n) is 10.6. The number of hydrogen-bond acceptors (Lipinski definition) is 8. The van der Waals surface area contributed by atoms with Gasteiger partial charge in [-0.1, -0.05) is 44.7 Å². The van der Waals surface area contributed by atoms with Crippen LogP contribution in [0.1, 0.15) is 77.9 Å². The van der Waals surface area contributed by atoms with Gasteiger partial charge in [0.25, 0.3) is 5.91 Å². The van der Waals surface area contributed by atoms with Crippen molar-refractivity contribution < 1.29 is 9.53 Å². The minimum Gasteiger partial charge on any atom is -0.496 e. The summed E-state index contributed by atoms with van der Waals surface area (Å²) in [5.74, 6) is 1.21. The zero-order valence-corrected chi connectivity index (χ0v) is 29.3. The number of ether oxygens (including phenoxy) is 1. The molecular weight excluding hydrogens is 568 g/mol. The van der Waals surface area contributed by atoms with Crippen LogP contribution in [0.15, 0.2) is 53.7 Å². The number of nitriles is 1. The van der Waals surface area contributed by atoms with Crippen molar-refractivity contribution in [3.8, 4) is 11.8 Å². The summed E-state index contributed by atoms with van der Waals surface area (Å²) < 4.78 is 5.71. The van der Waals surface area contributed by atoms with Gasteiger partial charge in [-0.3, -0.25) is 14.8 Å². The maximum Gasteiger partial charge on any atom is 0.257 e. The zero-order valence-electron chi connectivity index (χ0n) is 28.5. The van der Waals surface area contributed by atoms with E-state index in [1.807, 2.05) is 37.9 Å². The van der Waals surface area contributed by atoms with Gasteiger partial charge in [-0.25, -0.2) is 0 Å². The first-order valence-electron chi connectivity index (χ1n) is 14.9. The van der Waals surface area contributed by atoms with Crippen molar-refractivity contribution in [2.75, 3.05) is 40.1 Å². The highest BCUT2D eigenvalue weighted by atomic mass is 32.1. The molecule has 1 aromatic carbocycles. The molecule has 2 atom stereocenters. The third kappa shape index (κ3) is 13.2. The third-order valence-corrected chi connectivity index (χ3v) is 8.34. The van der Waals surface area contributed by atoms with E-state index >= 15 is 0 Å². The molecule has 1 unspecified atom stereocenters. The van der Waals surface area contributed by atoms with E-state index in [4.69, 9.17) is 10.00 Å². The van der Waals surface area contributed by atoms with Gasteiger partial charge in [-0.2, -0.15) is 5.26 Å². The lowest BCUT2D eigenvalue weighted by molar-refractivity contribution is 0.0628. The van der Waals surface area contributed by atoms with Crippen molar-refractivity contribution in [3.63, 3.8) is 0 Å². The molecule has 0 aliphatic rings. The molecule has 0 spiro atoms. The molecular formula is C35H54N6O2S. The number of methoxy groups -OCH3 is 1. The summed E-state index contributed by atoms with van der Waals surface area (Å²) in [5.41, 5.74) is 3.98. The molecule has 0 aliphatic carbocycles. The van der Waals surface area contributed by atoms with Crippen LogP contribution in [0.4, 0.5) is 5.00 Å². The Kier molecular flexibility index (Phi) is 20.6. The van der Waals surface area contributed by atoms with Crippen LogP contribution in [0.5, 0.6) is 5.75 Å². The minimum atomic E-state index is 0.0318. The number of nitrogens with zero attached hydrogens (tertiary/aromatic N) is 4. The minimum absolute atomic E-state index is 0.0318. The Morgan fingerprint density at radius 3 is 2.23 bits per heavy atom. The molecule has 242 valence electrons. The van der Waals surface area contributed by atoms with E-state index in [1.165, 1.54) is 0 Å². The fraction of sp³-hybridized carbons (Fsp3) is 0.486. The highest BCUT2D eigenvalue weighted by molar-refractivity contribution is 7.16. The highest BCUT2D eigenvalue weighted by Crippen LogP contribution is 2.37. The highest BCUT2D eigenvalue weighted by Gasteiger charge is 2.31. The Bertz CT molecular complexity index is 1250. The number of benzene rings is 1. The van der Waals surface area contributed by atoms with E-state index in [-0.39, 0.29) is 17.9 Å². The normalized spacial score (nSPS) is 11.9. The Labute approximate surface area is 270 Å². The number of rotatable bonds is 14. The Balaban J connectivity index is 0.00000159. The number of aryl methyl sites for hydroxylation is 2. The summed E-state index contributed by atoms with van der Waals surface area (Å²) in [6.45, 7) is 20.3. The summed E-state index contributed by atoms with van der Waals surface area (Å²) in [4.78, 5) is 24.6. The van der Waals surface area contributed by atoms with Crippen LogP contribution in [0.3, 0.4) is 0 Å². The van der Waals surface area contributed by atoms with Gasteiger partial charge >= 0.3 is 0 Å². The number of carbonyl (C=O) groups excluding carboxylic acids is 1. The molecule has 1 aromatic heterocycles. The van der Waals surface area contributed by atoms with E-state index in [9.17, 15) is 4.79 Å². The molecule has 0 radical (unpaired) electrons. The van der Waals surface area contributed by atoms with Gasteiger partial charge in [0.2, 0.25) is 0 Å². The SMILES string of the molecule is C=CNC.C=CNc1sc(C)c(C)c1C(=O)N(C[C@H](CCCC#N)c1cc(C)ccc1OC)C(C)C(C)C.CN=CC=NC. The number of nitrogens with one attached hydrogen (secondary N) is 2. The predicted molar refractivity (Wildman–Crippen MR) is 191 cm³/mol. The van der Waals surface area contributed by atoms with Gasteiger partial charge in [0.1, 0.15) is 10.8 Å². The molecule has 1 amide bonds. The monoisotopic (exact) mass is 622 g/mol. The molecule has 9 heteroatoms. The largest absolute Gasteiger partial charge is 0.496 e. The van der Waals surface area contributed by atoms with Gasteiger partial charge < -0.3 is 20.3 Å². The van der Waals surface area contributed by atoms with Crippen LogP contribution in [0, 0.1) is 38.0 Å². The predicted octanol–water partition coefficient (Wildman–Crippen LogP) is 7.94. The topological polar surface area (TPSA) is 102 Å². The zero-order chi connectivity index (χ0) is 33.7. The molecule has 2 rings (SSSR count). The summed E-state index contributed by atoms with van der Waals surface area (Å²) >= 11 is 1.59. The Hall–Kier alpha value is -3.90. The molecule has 0 saturated heterocycles. The molecule has 2 aromatic rings. The average molecular weight is 623 g/mol. The van der Waals surface area contributed by atoms with Crippen LogP contribution in [0.2, 0.25) is 0 Å². The summed E-state index contributed by atoms with van der Waals surface area (Å²) in [5, 5.41) is 15.8. The van der Waals surface area contributed by atoms with Gasteiger partial charge in [-0.15, -0.1) is 11.3 Å². The second-order valence-corrected chi connectivity index (χ2v) is 11.8. The molecule has 1 heterocycles. The van der Waals surface area contributed by atoms with Gasteiger partial charge in [-0.05, 0) is 76.0 Å². The van der Waals surface area contributed by atoms with Crippen LogP contribution in [-0.4, -0.2) is 64.1 Å². The second kappa shape index (κ2) is 22.6. The summed E-state index contributed by atoms with van der Waals surface area (Å²) in [6.07, 6.45) is 8.60. The number of amides is 1. The van der Waals surface area contributed by atoms with Gasteiger partial charge in [0.05, 0.1) is 18.7 Å². The molecule has 0 saturated carbocycles. The first-order valence-corrected chi connectivity index (χ1v) is 15.7. The number of carbonyl (C=O) groups is 1. The van der Waals surface area contributed by atoms with E-state index in [2.05, 4.69) is 73.6 Å². The van der Waals surface area contributed by atoms with E-state index < -0.39 is 0 Å². The van der Waals surface area contributed by atoms with Crippen molar-refractivity contribution in [2.24, 2.45) is 15.9 Å². The van der Waals surface area contributed by atoms with Crippen molar-refractivity contribution in [3.05, 3.63) is 70.9 Å². The van der Waals surface area contributed by atoms with Crippen molar-refractivity contribution >= 4 is 34.7 Å². The molecule has 2 N–H and O–H groups in total. The maximum atomic E-state index is 14.1. The average Bonchev–Trinajstić information content (AvgIpc) is 3.29. The maximum absolute atomic E-state index is 14.1. The number of aliphatic imine (C=N–C) groups is 2. The number of thiophene rings is 1. The quantitative estimate of drug-likeness (QED) is 0.165. The van der Waals surface area contributed by atoms with Gasteiger partial charge in [0, 0.05) is 63.4 Å². The molecule has 0 bridgehead atoms. The van der Waals surface area contributed by atoms with Crippen LogP contribution in [-0.2, 0) is 0 Å². The van der Waals surface area contributed by atoms with Gasteiger partial charge in [0.15, 0.2) is 0 Å². The number of anilines is 1. The van der Waals surface area contributed by atoms with Crippen molar-refractivity contribution in [2.45, 2.75) is 72.8 Å². The number of unbranched alkanes of at least 4 members (excludes halogenated alkanes) is 1. The smallest absolute Gasteiger partial charge is 0.257 e.